The Bertz CT molecular complexity index is 609. The molecule has 0 aliphatic rings. The zero-order valence-electron chi connectivity index (χ0n) is 9.01. The first kappa shape index (κ1) is 12.8. The highest BCUT2D eigenvalue weighted by molar-refractivity contribution is 9.10. The third-order valence-corrected chi connectivity index (χ3v) is 3.93. The van der Waals surface area contributed by atoms with Crippen molar-refractivity contribution in [3.8, 4) is 0 Å². The minimum absolute atomic E-state index is 0.146. The van der Waals surface area contributed by atoms with Gasteiger partial charge in [-0.05, 0) is 40.2 Å². The van der Waals surface area contributed by atoms with Crippen molar-refractivity contribution in [3.63, 3.8) is 0 Å². The Hall–Kier alpha value is -1.66. The minimum atomic E-state index is -1.03. The van der Waals surface area contributed by atoms with E-state index in [1.807, 2.05) is 12.1 Å². The molecule has 0 saturated heterocycles. The summed E-state index contributed by atoms with van der Waals surface area (Å²) in [6.45, 7) is 0. The van der Waals surface area contributed by atoms with Crippen LogP contribution in [0.4, 0.5) is 5.69 Å². The molecule has 4 nitrogen and oxygen atoms in total. The van der Waals surface area contributed by atoms with Crippen LogP contribution in [0.15, 0.2) is 40.9 Å². The zero-order valence-corrected chi connectivity index (χ0v) is 11.4. The van der Waals surface area contributed by atoms with Crippen LogP contribution in [0.25, 0.3) is 0 Å². The number of rotatable bonds is 3. The van der Waals surface area contributed by atoms with Crippen molar-refractivity contribution in [2.24, 2.45) is 0 Å². The fraction of sp³-hybridized carbons (Fsp3) is 0. The van der Waals surface area contributed by atoms with Crippen LogP contribution >= 0.6 is 27.3 Å². The molecule has 0 fully saturated rings. The molecular weight excluding hydrogens is 318 g/mol. The standard InChI is InChI=1S/C12H8BrNO3S/c13-7-3-1-2-4-8(7)14-11(15)9-5-6-10(18-9)12(16)17/h1-6H,(H,14,15)(H,16,17). The molecule has 2 rings (SSSR count). The number of benzene rings is 1. The molecule has 92 valence electrons. The average molecular weight is 326 g/mol. The summed E-state index contributed by atoms with van der Waals surface area (Å²) < 4.78 is 0.772. The highest BCUT2D eigenvalue weighted by Gasteiger charge is 2.13. The highest BCUT2D eigenvalue weighted by atomic mass is 79.9. The number of carbonyl (C=O) groups excluding carboxylic acids is 1. The Kier molecular flexibility index (Phi) is 3.78. The number of anilines is 1. The molecule has 0 unspecified atom stereocenters. The van der Waals surface area contributed by atoms with E-state index in [1.165, 1.54) is 12.1 Å². The Labute approximate surface area is 115 Å². The Balaban J connectivity index is 2.17. The normalized spacial score (nSPS) is 10.1. The lowest BCUT2D eigenvalue weighted by atomic mass is 10.3. The van der Waals surface area contributed by atoms with Gasteiger partial charge in [-0.2, -0.15) is 0 Å². The molecule has 6 heteroatoms. The van der Waals surface area contributed by atoms with Crippen molar-refractivity contribution in [2.75, 3.05) is 5.32 Å². The van der Waals surface area contributed by atoms with Gasteiger partial charge in [0.2, 0.25) is 0 Å². The molecule has 1 heterocycles. The first-order valence-electron chi connectivity index (χ1n) is 4.97. The second-order valence-corrected chi connectivity index (χ2v) is 5.34. The molecule has 2 aromatic rings. The van der Waals surface area contributed by atoms with Gasteiger partial charge in [0.1, 0.15) is 4.88 Å². The van der Waals surface area contributed by atoms with Gasteiger partial charge in [-0.15, -0.1) is 11.3 Å². The molecule has 0 aliphatic heterocycles. The lowest BCUT2D eigenvalue weighted by molar-refractivity contribution is 0.0702. The second-order valence-electron chi connectivity index (χ2n) is 3.40. The van der Waals surface area contributed by atoms with Crippen molar-refractivity contribution in [1.82, 2.24) is 0 Å². The number of halogens is 1. The average Bonchev–Trinajstić information content (AvgIpc) is 2.81. The summed E-state index contributed by atoms with van der Waals surface area (Å²) in [5, 5.41) is 11.5. The Morgan fingerprint density at radius 3 is 2.39 bits per heavy atom. The number of hydrogen-bond acceptors (Lipinski definition) is 3. The van der Waals surface area contributed by atoms with Gasteiger partial charge in [-0.1, -0.05) is 12.1 Å². The number of amides is 1. The van der Waals surface area contributed by atoms with Crippen LogP contribution in [0.5, 0.6) is 0 Å². The predicted molar refractivity (Wildman–Crippen MR) is 73.4 cm³/mol. The zero-order chi connectivity index (χ0) is 13.1. The number of para-hydroxylation sites is 1. The largest absolute Gasteiger partial charge is 0.477 e. The van der Waals surface area contributed by atoms with E-state index >= 15 is 0 Å². The summed E-state index contributed by atoms with van der Waals surface area (Å²) in [5.41, 5.74) is 0.646. The van der Waals surface area contributed by atoms with E-state index in [4.69, 9.17) is 5.11 Å². The number of carboxylic acids is 1. The van der Waals surface area contributed by atoms with Crippen LogP contribution in [0.3, 0.4) is 0 Å². The monoisotopic (exact) mass is 325 g/mol. The molecule has 1 amide bonds. The first-order chi connectivity index (χ1) is 8.58. The number of carboxylic acid groups (broad SMARTS) is 1. The Morgan fingerprint density at radius 1 is 1.11 bits per heavy atom. The molecule has 0 spiro atoms. The van der Waals surface area contributed by atoms with Crippen LogP contribution in [0, 0.1) is 0 Å². The molecule has 18 heavy (non-hydrogen) atoms. The highest BCUT2D eigenvalue weighted by Crippen LogP contribution is 2.23. The van der Waals surface area contributed by atoms with Gasteiger partial charge in [0.05, 0.1) is 10.6 Å². The maximum Gasteiger partial charge on any atom is 0.345 e. The molecule has 1 aromatic heterocycles. The quantitative estimate of drug-likeness (QED) is 0.908. The summed E-state index contributed by atoms with van der Waals surface area (Å²) in [4.78, 5) is 23.1. The van der Waals surface area contributed by atoms with E-state index in [0.717, 1.165) is 15.8 Å². The number of hydrogen-bond donors (Lipinski definition) is 2. The van der Waals surface area contributed by atoms with Crippen molar-refractivity contribution in [1.29, 1.82) is 0 Å². The predicted octanol–water partition coefficient (Wildman–Crippen LogP) is 3.46. The van der Waals surface area contributed by atoms with Crippen LogP contribution in [0.2, 0.25) is 0 Å². The maximum atomic E-state index is 11.9. The van der Waals surface area contributed by atoms with Gasteiger partial charge < -0.3 is 10.4 Å². The SMILES string of the molecule is O=C(O)c1ccc(C(=O)Nc2ccccc2Br)s1. The van der Waals surface area contributed by atoms with Gasteiger partial charge in [0.25, 0.3) is 5.91 Å². The third kappa shape index (κ3) is 2.77. The topological polar surface area (TPSA) is 66.4 Å². The van der Waals surface area contributed by atoms with E-state index in [9.17, 15) is 9.59 Å². The van der Waals surface area contributed by atoms with Crippen LogP contribution in [0.1, 0.15) is 19.3 Å². The summed E-state index contributed by atoms with van der Waals surface area (Å²) >= 11 is 4.27. The van der Waals surface area contributed by atoms with Crippen molar-refractivity contribution in [3.05, 3.63) is 50.6 Å². The molecule has 1 aromatic carbocycles. The van der Waals surface area contributed by atoms with Gasteiger partial charge in [-0.25, -0.2) is 4.79 Å². The van der Waals surface area contributed by atoms with Crippen LogP contribution in [-0.2, 0) is 0 Å². The molecule has 0 atom stereocenters. The Morgan fingerprint density at radius 2 is 1.78 bits per heavy atom. The minimum Gasteiger partial charge on any atom is -0.477 e. The van der Waals surface area contributed by atoms with Crippen LogP contribution in [-0.4, -0.2) is 17.0 Å². The number of thiophene rings is 1. The van der Waals surface area contributed by atoms with Crippen LogP contribution < -0.4 is 5.32 Å². The van der Waals surface area contributed by atoms with Crippen molar-refractivity contribution >= 4 is 44.8 Å². The lowest BCUT2D eigenvalue weighted by Crippen LogP contribution is -2.10. The summed E-state index contributed by atoms with van der Waals surface area (Å²) in [7, 11) is 0. The summed E-state index contributed by atoms with van der Waals surface area (Å²) in [5.74, 6) is -1.35. The summed E-state index contributed by atoms with van der Waals surface area (Å²) in [6, 6.07) is 10.1. The van der Waals surface area contributed by atoms with Gasteiger partial charge in [-0.3, -0.25) is 4.79 Å². The van der Waals surface area contributed by atoms with E-state index in [0.29, 0.717) is 10.6 Å². The van der Waals surface area contributed by atoms with Gasteiger partial charge >= 0.3 is 5.97 Å². The van der Waals surface area contributed by atoms with E-state index < -0.39 is 5.97 Å². The fourth-order valence-corrected chi connectivity index (χ4v) is 2.45. The van der Waals surface area contributed by atoms with Crippen molar-refractivity contribution < 1.29 is 14.7 Å². The summed E-state index contributed by atoms with van der Waals surface area (Å²) in [6.07, 6.45) is 0. The molecular formula is C12H8BrNO3S. The molecule has 0 saturated carbocycles. The van der Waals surface area contributed by atoms with Gasteiger partial charge in [0, 0.05) is 4.47 Å². The van der Waals surface area contributed by atoms with Crippen molar-refractivity contribution in [2.45, 2.75) is 0 Å². The smallest absolute Gasteiger partial charge is 0.345 e. The second kappa shape index (κ2) is 5.32. The lowest BCUT2D eigenvalue weighted by Gasteiger charge is -2.05. The molecule has 0 radical (unpaired) electrons. The number of carbonyl (C=O) groups is 2. The maximum absolute atomic E-state index is 11.9. The molecule has 0 aliphatic carbocycles. The molecule has 0 bridgehead atoms. The molecule has 2 N–H and O–H groups in total. The van der Waals surface area contributed by atoms with E-state index in [2.05, 4.69) is 21.2 Å². The number of nitrogens with one attached hydrogen (secondary N) is 1. The fourth-order valence-electron chi connectivity index (χ4n) is 1.32. The number of aromatic carboxylic acids is 1. The third-order valence-electron chi connectivity index (χ3n) is 2.16. The van der Waals surface area contributed by atoms with Gasteiger partial charge in [0.15, 0.2) is 0 Å². The first-order valence-corrected chi connectivity index (χ1v) is 6.58. The van der Waals surface area contributed by atoms with E-state index in [-0.39, 0.29) is 10.8 Å². The van der Waals surface area contributed by atoms with E-state index in [1.54, 1.807) is 12.1 Å².